The molecule has 0 bridgehead atoms. The number of nitrogens with zero attached hydrogens (tertiary/aromatic N) is 4. The first kappa shape index (κ1) is 28.1. The zero-order chi connectivity index (χ0) is 26.0. The van der Waals surface area contributed by atoms with Crippen LogP contribution in [0.1, 0.15) is 43.7 Å². The predicted octanol–water partition coefficient (Wildman–Crippen LogP) is 3.46. The van der Waals surface area contributed by atoms with E-state index in [-0.39, 0.29) is 5.91 Å². The number of hydrogen-bond donors (Lipinski definition) is 3. The SMILES string of the molecule is C=C(NCCN(C(C)C)C(C)C)N(CCN(C)C)Cc1ccc(C(=O)Nc2ccccc2N)nc1. The molecule has 1 heterocycles. The highest BCUT2D eigenvalue weighted by Gasteiger charge is 2.15. The van der Waals surface area contributed by atoms with Gasteiger partial charge in [-0.2, -0.15) is 0 Å². The first-order chi connectivity index (χ1) is 16.6. The third-order valence-electron chi connectivity index (χ3n) is 5.86. The van der Waals surface area contributed by atoms with Gasteiger partial charge in [-0.15, -0.1) is 0 Å². The number of anilines is 2. The van der Waals surface area contributed by atoms with Gasteiger partial charge in [0.1, 0.15) is 5.69 Å². The van der Waals surface area contributed by atoms with Gasteiger partial charge in [0.2, 0.25) is 0 Å². The molecule has 192 valence electrons. The average Bonchev–Trinajstić information content (AvgIpc) is 2.80. The monoisotopic (exact) mass is 481 g/mol. The number of hydrogen-bond acceptors (Lipinski definition) is 7. The summed E-state index contributed by atoms with van der Waals surface area (Å²) in [5.74, 6) is 0.602. The Labute approximate surface area is 211 Å². The van der Waals surface area contributed by atoms with Crippen molar-refractivity contribution in [2.75, 3.05) is 51.3 Å². The van der Waals surface area contributed by atoms with Crippen molar-refractivity contribution in [3.8, 4) is 0 Å². The third kappa shape index (κ3) is 9.22. The topological polar surface area (TPSA) is 89.8 Å². The Balaban J connectivity index is 2.00. The maximum Gasteiger partial charge on any atom is 0.274 e. The lowest BCUT2D eigenvalue weighted by atomic mass is 10.2. The van der Waals surface area contributed by atoms with Gasteiger partial charge in [-0.25, -0.2) is 0 Å². The van der Waals surface area contributed by atoms with Gasteiger partial charge in [-0.05, 0) is 65.6 Å². The molecule has 0 fully saturated rings. The number of nitrogens with one attached hydrogen (secondary N) is 2. The van der Waals surface area contributed by atoms with E-state index in [2.05, 4.69) is 78.7 Å². The van der Waals surface area contributed by atoms with E-state index in [0.717, 1.165) is 37.6 Å². The molecule has 0 aliphatic heterocycles. The fourth-order valence-electron chi connectivity index (χ4n) is 3.85. The number of amides is 1. The summed E-state index contributed by atoms with van der Waals surface area (Å²) in [7, 11) is 4.12. The molecule has 8 heteroatoms. The van der Waals surface area contributed by atoms with Crippen molar-refractivity contribution in [1.29, 1.82) is 0 Å². The van der Waals surface area contributed by atoms with Gasteiger partial charge >= 0.3 is 0 Å². The number of benzene rings is 1. The van der Waals surface area contributed by atoms with Gasteiger partial charge in [0.25, 0.3) is 5.91 Å². The quantitative estimate of drug-likeness (QED) is 0.356. The maximum absolute atomic E-state index is 12.6. The normalized spacial score (nSPS) is 11.4. The van der Waals surface area contributed by atoms with E-state index in [1.54, 1.807) is 24.4 Å². The Morgan fingerprint density at radius 2 is 1.71 bits per heavy atom. The highest BCUT2D eigenvalue weighted by Crippen LogP contribution is 2.18. The fourth-order valence-corrected chi connectivity index (χ4v) is 3.85. The van der Waals surface area contributed by atoms with Crippen LogP contribution < -0.4 is 16.4 Å². The van der Waals surface area contributed by atoms with Crippen molar-refractivity contribution in [3.63, 3.8) is 0 Å². The minimum absolute atomic E-state index is 0.287. The Morgan fingerprint density at radius 3 is 2.29 bits per heavy atom. The zero-order valence-electron chi connectivity index (χ0n) is 22.2. The molecule has 1 aromatic heterocycles. The number of rotatable bonds is 14. The minimum Gasteiger partial charge on any atom is -0.397 e. The van der Waals surface area contributed by atoms with Crippen molar-refractivity contribution in [1.82, 2.24) is 25.0 Å². The number of carbonyl (C=O) groups is 1. The molecule has 0 aliphatic rings. The number of nitrogen functional groups attached to an aromatic ring is 1. The summed E-state index contributed by atoms with van der Waals surface area (Å²) >= 11 is 0. The van der Waals surface area contributed by atoms with Gasteiger partial charge in [0, 0.05) is 51.0 Å². The molecule has 0 radical (unpaired) electrons. The van der Waals surface area contributed by atoms with Crippen LogP contribution in [0, 0.1) is 0 Å². The predicted molar refractivity (Wildman–Crippen MR) is 146 cm³/mol. The number of aromatic nitrogens is 1. The summed E-state index contributed by atoms with van der Waals surface area (Å²) in [5.41, 5.74) is 8.37. The van der Waals surface area contributed by atoms with Crippen LogP contribution in [0.5, 0.6) is 0 Å². The van der Waals surface area contributed by atoms with E-state index >= 15 is 0 Å². The van der Waals surface area contributed by atoms with E-state index in [4.69, 9.17) is 5.73 Å². The Kier molecular flexibility index (Phi) is 11.0. The lowest BCUT2D eigenvalue weighted by molar-refractivity contribution is 0.102. The maximum atomic E-state index is 12.6. The molecular weight excluding hydrogens is 438 g/mol. The Bertz CT molecular complexity index is 933. The molecule has 0 unspecified atom stereocenters. The molecule has 0 saturated heterocycles. The van der Waals surface area contributed by atoms with Gasteiger partial charge in [0.05, 0.1) is 17.2 Å². The van der Waals surface area contributed by atoms with Crippen LogP contribution in [0.3, 0.4) is 0 Å². The summed E-state index contributed by atoms with van der Waals surface area (Å²) in [5, 5.41) is 6.32. The van der Waals surface area contributed by atoms with Crippen LogP contribution in [0.4, 0.5) is 11.4 Å². The van der Waals surface area contributed by atoms with Gasteiger partial charge in [-0.3, -0.25) is 14.7 Å². The molecule has 0 aliphatic carbocycles. The molecule has 0 saturated carbocycles. The van der Waals surface area contributed by atoms with E-state index < -0.39 is 0 Å². The van der Waals surface area contributed by atoms with Crippen LogP contribution in [0.15, 0.2) is 55.0 Å². The van der Waals surface area contributed by atoms with Crippen LogP contribution in [-0.2, 0) is 6.54 Å². The highest BCUT2D eigenvalue weighted by atomic mass is 16.1. The molecule has 8 nitrogen and oxygen atoms in total. The highest BCUT2D eigenvalue weighted by molar-refractivity contribution is 6.04. The number of nitrogens with two attached hydrogens (primary N) is 1. The minimum atomic E-state index is -0.287. The van der Waals surface area contributed by atoms with Crippen molar-refractivity contribution in [2.45, 2.75) is 46.3 Å². The van der Waals surface area contributed by atoms with Crippen LogP contribution in [0.2, 0.25) is 0 Å². The van der Waals surface area contributed by atoms with Crippen LogP contribution in [0.25, 0.3) is 0 Å². The molecule has 1 aromatic carbocycles. The van der Waals surface area contributed by atoms with Crippen LogP contribution in [-0.4, -0.2) is 77.9 Å². The molecule has 1 amide bonds. The molecule has 0 spiro atoms. The summed E-state index contributed by atoms with van der Waals surface area (Å²) in [4.78, 5) is 23.8. The fraction of sp³-hybridized carbons (Fsp3) is 0.481. The second kappa shape index (κ2) is 13.7. The largest absolute Gasteiger partial charge is 0.397 e. The summed E-state index contributed by atoms with van der Waals surface area (Å²) in [6.07, 6.45) is 1.75. The van der Waals surface area contributed by atoms with Gasteiger partial charge < -0.3 is 26.2 Å². The van der Waals surface area contributed by atoms with E-state index in [0.29, 0.717) is 35.7 Å². The number of carbonyl (C=O) groups excluding carboxylic acids is 1. The number of pyridine rings is 1. The average molecular weight is 482 g/mol. The smallest absolute Gasteiger partial charge is 0.274 e. The standard InChI is InChI=1S/C27H43N7O/c1-20(2)34(21(3)4)15-14-29-22(5)33(17-16-32(6)7)19-23-12-13-26(30-18-23)27(35)31-25-11-9-8-10-24(25)28/h8-13,18,20-21,29H,5,14-17,19,28H2,1-4,6-7H3,(H,31,35). The van der Waals surface area contributed by atoms with E-state index in [9.17, 15) is 4.79 Å². The number of para-hydroxylation sites is 2. The molecule has 0 atom stereocenters. The lowest BCUT2D eigenvalue weighted by Crippen LogP contribution is -2.43. The molecule has 2 rings (SSSR count). The molecule has 2 aromatic rings. The van der Waals surface area contributed by atoms with Gasteiger partial charge in [0.15, 0.2) is 0 Å². The lowest BCUT2D eigenvalue weighted by Gasteiger charge is -2.32. The Morgan fingerprint density at radius 1 is 1.03 bits per heavy atom. The molecule has 4 N–H and O–H groups in total. The summed E-state index contributed by atoms with van der Waals surface area (Å²) in [6, 6.07) is 11.8. The second-order valence-corrected chi connectivity index (χ2v) is 9.62. The molecular formula is C27H43N7O. The summed E-state index contributed by atoms with van der Waals surface area (Å²) < 4.78 is 0. The van der Waals surface area contributed by atoms with E-state index in [1.807, 2.05) is 18.2 Å². The first-order valence-electron chi connectivity index (χ1n) is 12.3. The zero-order valence-corrected chi connectivity index (χ0v) is 22.2. The Hall–Kier alpha value is -3.10. The third-order valence-corrected chi connectivity index (χ3v) is 5.86. The van der Waals surface area contributed by atoms with Gasteiger partial charge in [-0.1, -0.05) is 24.8 Å². The van der Waals surface area contributed by atoms with Crippen molar-refractivity contribution < 1.29 is 4.79 Å². The molecule has 35 heavy (non-hydrogen) atoms. The van der Waals surface area contributed by atoms with Crippen molar-refractivity contribution in [3.05, 3.63) is 66.3 Å². The first-order valence-corrected chi connectivity index (χ1v) is 12.3. The summed E-state index contributed by atoms with van der Waals surface area (Å²) in [6.45, 7) is 17.4. The van der Waals surface area contributed by atoms with Crippen molar-refractivity contribution >= 4 is 17.3 Å². The van der Waals surface area contributed by atoms with E-state index in [1.165, 1.54) is 0 Å². The number of likely N-dealkylation sites (N-methyl/N-ethyl adjacent to an activating group) is 1. The second-order valence-electron chi connectivity index (χ2n) is 9.62. The van der Waals surface area contributed by atoms with Crippen molar-refractivity contribution in [2.24, 2.45) is 0 Å². The van der Waals surface area contributed by atoms with Crippen LogP contribution >= 0.6 is 0 Å².